The van der Waals surface area contributed by atoms with Crippen LogP contribution >= 0.6 is 0 Å². The summed E-state index contributed by atoms with van der Waals surface area (Å²) in [6, 6.07) is 13.6. The zero-order valence-corrected chi connectivity index (χ0v) is 19.9. The Morgan fingerprint density at radius 2 is 1.66 bits per heavy atom. The average Bonchev–Trinajstić information content (AvgIpc) is 3.39. The fourth-order valence-electron chi connectivity index (χ4n) is 3.98. The minimum atomic E-state index is -1.38. The molecule has 1 unspecified atom stereocenters. The van der Waals surface area contributed by atoms with Gasteiger partial charge in [0.2, 0.25) is 5.91 Å². The van der Waals surface area contributed by atoms with Gasteiger partial charge >= 0.3 is 0 Å². The van der Waals surface area contributed by atoms with Gasteiger partial charge in [-0.05, 0) is 48.6 Å². The first-order chi connectivity index (χ1) is 16.9. The van der Waals surface area contributed by atoms with E-state index in [2.05, 4.69) is 5.32 Å². The summed E-state index contributed by atoms with van der Waals surface area (Å²) in [6.45, 7) is 0. The first-order valence-corrected chi connectivity index (χ1v) is 10.8. The van der Waals surface area contributed by atoms with Gasteiger partial charge in [-0.1, -0.05) is 0 Å². The SMILES string of the molecule is COc1ccc(OC)c(NC(=O)C2(C=Cc3ccco3)CC(=O)N2c2cc(OC)ccc2OC)c1. The summed E-state index contributed by atoms with van der Waals surface area (Å²) in [5.74, 6) is 1.75. The number of carbonyl (C=O) groups is 2. The summed E-state index contributed by atoms with van der Waals surface area (Å²) in [4.78, 5) is 28.3. The number of nitrogens with one attached hydrogen (secondary N) is 1. The molecule has 1 fully saturated rings. The van der Waals surface area contributed by atoms with Crippen LogP contribution in [-0.4, -0.2) is 45.8 Å². The molecule has 2 heterocycles. The van der Waals surface area contributed by atoms with Gasteiger partial charge in [-0.25, -0.2) is 0 Å². The molecule has 0 aliphatic carbocycles. The minimum absolute atomic E-state index is 0.0668. The van der Waals surface area contributed by atoms with Crippen LogP contribution in [0.2, 0.25) is 0 Å². The molecule has 0 bridgehead atoms. The number of carbonyl (C=O) groups excluding carboxylic acids is 2. The number of methoxy groups -OCH3 is 4. The van der Waals surface area contributed by atoms with Gasteiger partial charge in [0.1, 0.15) is 28.8 Å². The molecule has 1 saturated heterocycles. The lowest BCUT2D eigenvalue weighted by Crippen LogP contribution is -2.68. The third-order valence-electron chi connectivity index (χ3n) is 5.81. The van der Waals surface area contributed by atoms with Crippen LogP contribution in [0.5, 0.6) is 23.0 Å². The molecule has 9 heteroatoms. The van der Waals surface area contributed by atoms with Gasteiger partial charge in [-0.2, -0.15) is 0 Å². The second-order valence-corrected chi connectivity index (χ2v) is 7.74. The van der Waals surface area contributed by atoms with E-state index in [1.807, 2.05) is 0 Å². The Hall–Kier alpha value is -4.40. The summed E-state index contributed by atoms with van der Waals surface area (Å²) < 4.78 is 27.0. The highest BCUT2D eigenvalue weighted by molar-refractivity contribution is 6.19. The van der Waals surface area contributed by atoms with Crippen molar-refractivity contribution in [2.75, 3.05) is 38.7 Å². The predicted octanol–water partition coefficient (Wildman–Crippen LogP) is 4.14. The van der Waals surface area contributed by atoms with Gasteiger partial charge in [-0.15, -0.1) is 0 Å². The highest BCUT2D eigenvalue weighted by Crippen LogP contribution is 2.45. The molecule has 4 rings (SSSR count). The van der Waals surface area contributed by atoms with Crippen molar-refractivity contribution in [1.29, 1.82) is 0 Å². The second-order valence-electron chi connectivity index (χ2n) is 7.74. The molecule has 1 N–H and O–H groups in total. The maximum Gasteiger partial charge on any atom is 0.255 e. The Morgan fingerprint density at radius 1 is 0.971 bits per heavy atom. The highest BCUT2D eigenvalue weighted by atomic mass is 16.5. The number of ether oxygens (including phenoxy) is 4. The van der Waals surface area contributed by atoms with Gasteiger partial charge in [0, 0.05) is 12.1 Å². The minimum Gasteiger partial charge on any atom is -0.497 e. The van der Waals surface area contributed by atoms with Crippen LogP contribution < -0.4 is 29.2 Å². The van der Waals surface area contributed by atoms with Gasteiger partial charge < -0.3 is 28.7 Å². The van der Waals surface area contributed by atoms with Crippen molar-refractivity contribution in [3.8, 4) is 23.0 Å². The Bertz CT molecular complexity index is 1250. The third-order valence-corrected chi connectivity index (χ3v) is 5.81. The zero-order chi connectivity index (χ0) is 25.0. The lowest BCUT2D eigenvalue weighted by atomic mass is 9.81. The smallest absolute Gasteiger partial charge is 0.255 e. The molecule has 0 radical (unpaired) electrons. The van der Waals surface area contributed by atoms with E-state index in [0.29, 0.717) is 40.1 Å². The van der Waals surface area contributed by atoms with Crippen LogP contribution in [-0.2, 0) is 9.59 Å². The average molecular weight is 479 g/mol. The standard InChI is InChI=1S/C26H26N2O7/c1-31-18-7-9-22(33-3)20(14-18)27-25(30)26(12-11-17-6-5-13-35-17)16-24(29)28(26)21-15-19(32-2)8-10-23(21)34-4/h5-15H,16H2,1-4H3,(H,27,30). The molecule has 0 spiro atoms. The van der Waals surface area contributed by atoms with Crippen molar-refractivity contribution < 1.29 is 33.0 Å². The van der Waals surface area contributed by atoms with E-state index in [1.54, 1.807) is 60.7 Å². The van der Waals surface area contributed by atoms with Crippen molar-refractivity contribution in [2.45, 2.75) is 12.0 Å². The lowest BCUT2D eigenvalue weighted by Gasteiger charge is -2.49. The van der Waals surface area contributed by atoms with E-state index in [0.717, 1.165) is 0 Å². The largest absolute Gasteiger partial charge is 0.497 e. The second kappa shape index (κ2) is 9.84. The number of nitrogens with zero attached hydrogens (tertiary/aromatic N) is 1. The van der Waals surface area contributed by atoms with E-state index in [1.165, 1.54) is 39.6 Å². The van der Waals surface area contributed by atoms with E-state index in [-0.39, 0.29) is 12.3 Å². The van der Waals surface area contributed by atoms with Crippen molar-refractivity contribution in [2.24, 2.45) is 0 Å². The van der Waals surface area contributed by atoms with Crippen molar-refractivity contribution in [3.05, 3.63) is 66.6 Å². The van der Waals surface area contributed by atoms with Crippen LogP contribution in [0.4, 0.5) is 11.4 Å². The molecular weight excluding hydrogens is 452 g/mol. The van der Waals surface area contributed by atoms with Crippen LogP contribution in [0.15, 0.2) is 65.3 Å². The number of benzene rings is 2. The topological polar surface area (TPSA) is 99.5 Å². The lowest BCUT2D eigenvalue weighted by molar-refractivity contribution is -0.134. The molecule has 182 valence electrons. The van der Waals surface area contributed by atoms with E-state index < -0.39 is 11.4 Å². The molecule has 0 saturated carbocycles. The zero-order valence-electron chi connectivity index (χ0n) is 19.9. The van der Waals surface area contributed by atoms with E-state index >= 15 is 0 Å². The van der Waals surface area contributed by atoms with Gasteiger partial charge in [-0.3, -0.25) is 14.5 Å². The monoisotopic (exact) mass is 478 g/mol. The summed E-state index contributed by atoms with van der Waals surface area (Å²) in [5, 5.41) is 2.90. The highest BCUT2D eigenvalue weighted by Gasteiger charge is 2.56. The number of amides is 2. The van der Waals surface area contributed by atoms with Gasteiger partial charge in [0.05, 0.1) is 52.5 Å². The Kier molecular flexibility index (Phi) is 6.68. The fraction of sp³-hybridized carbons (Fsp3) is 0.231. The molecule has 2 aromatic carbocycles. The van der Waals surface area contributed by atoms with Crippen LogP contribution in [0.3, 0.4) is 0 Å². The molecule has 1 aromatic heterocycles. The Balaban J connectivity index is 1.80. The number of rotatable bonds is 9. The summed E-state index contributed by atoms with van der Waals surface area (Å²) in [5.41, 5.74) is -0.572. The van der Waals surface area contributed by atoms with Crippen molar-refractivity contribution in [3.63, 3.8) is 0 Å². The number of β-lactam (4-membered cyclic amide) rings is 1. The molecule has 1 atom stereocenters. The van der Waals surface area contributed by atoms with Gasteiger partial charge in [0.15, 0.2) is 5.54 Å². The van der Waals surface area contributed by atoms with Crippen LogP contribution in [0.25, 0.3) is 6.08 Å². The molecule has 3 aromatic rings. The Labute approximate surface area is 202 Å². The third kappa shape index (κ3) is 4.40. The van der Waals surface area contributed by atoms with Crippen molar-refractivity contribution >= 4 is 29.3 Å². The molecule has 1 aliphatic rings. The summed E-state index contributed by atoms with van der Waals surface area (Å²) >= 11 is 0. The van der Waals surface area contributed by atoms with Crippen molar-refractivity contribution in [1.82, 2.24) is 0 Å². The molecule has 1 aliphatic heterocycles. The van der Waals surface area contributed by atoms with Crippen LogP contribution in [0, 0.1) is 0 Å². The number of hydrogen-bond acceptors (Lipinski definition) is 7. The maximum absolute atomic E-state index is 13.9. The maximum atomic E-state index is 13.9. The quantitative estimate of drug-likeness (QED) is 0.462. The number of anilines is 2. The summed E-state index contributed by atoms with van der Waals surface area (Å²) in [6.07, 6.45) is 4.77. The fourth-order valence-corrected chi connectivity index (χ4v) is 3.98. The molecule has 2 amide bonds. The summed E-state index contributed by atoms with van der Waals surface area (Å²) in [7, 11) is 6.05. The van der Waals surface area contributed by atoms with E-state index in [9.17, 15) is 9.59 Å². The molecule has 9 nitrogen and oxygen atoms in total. The van der Waals surface area contributed by atoms with E-state index in [4.69, 9.17) is 23.4 Å². The molecule has 35 heavy (non-hydrogen) atoms. The first-order valence-electron chi connectivity index (χ1n) is 10.8. The van der Waals surface area contributed by atoms with Crippen LogP contribution in [0.1, 0.15) is 12.2 Å². The van der Waals surface area contributed by atoms with Gasteiger partial charge in [0.25, 0.3) is 5.91 Å². The number of furan rings is 1. The number of hydrogen-bond donors (Lipinski definition) is 1. The molecular formula is C26H26N2O7. The Morgan fingerprint density at radius 3 is 2.26 bits per heavy atom. The first kappa shape index (κ1) is 23.7. The normalized spacial score (nSPS) is 17.1. The predicted molar refractivity (Wildman–Crippen MR) is 130 cm³/mol.